The highest BCUT2D eigenvalue weighted by Crippen LogP contribution is 2.47. The first-order chi connectivity index (χ1) is 6.51. The first-order valence-electron chi connectivity index (χ1n) is 5.86. The van der Waals surface area contributed by atoms with E-state index in [0.717, 1.165) is 0 Å². The van der Waals surface area contributed by atoms with E-state index in [0.29, 0.717) is 5.92 Å². The molecule has 1 heterocycles. The summed E-state index contributed by atoms with van der Waals surface area (Å²) in [6.45, 7) is 17.2. The van der Waals surface area contributed by atoms with Crippen LogP contribution in [0.3, 0.4) is 0 Å². The molecule has 1 aliphatic heterocycles. The highest BCUT2D eigenvalue weighted by atomic mass is 16.7. The second-order valence-corrected chi connectivity index (χ2v) is 6.71. The maximum atomic E-state index is 6.17. The fraction of sp³-hybridized carbons (Fsp3) is 1.00. The number of hydrogen-bond acceptors (Lipinski definition) is 2. The van der Waals surface area contributed by atoms with Gasteiger partial charge in [0, 0.05) is 0 Å². The molecule has 0 amide bonds. The number of rotatable bonds is 1. The molecule has 0 radical (unpaired) electrons. The van der Waals surface area contributed by atoms with Crippen LogP contribution in [0.25, 0.3) is 0 Å². The van der Waals surface area contributed by atoms with Gasteiger partial charge in [0.15, 0.2) is 0 Å². The van der Waals surface area contributed by atoms with E-state index in [1.54, 1.807) is 0 Å². The van der Waals surface area contributed by atoms with Crippen LogP contribution in [0.15, 0.2) is 0 Å². The molecule has 2 nitrogen and oxygen atoms in total. The molecule has 1 aliphatic rings. The molecule has 1 atom stereocenters. The predicted molar refractivity (Wildman–Crippen MR) is 65.0 cm³/mol. The van der Waals surface area contributed by atoms with E-state index in [4.69, 9.17) is 9.31 Å². The van der Waals surface area contributed by atoms with Crippen LogP contribution in [0, 0.1) is 5.92 Å². The van der Waals surface area contributed by atoms with Crippen LogP contribution in [0.2, 0.25) is 5.31 Å². The van der Waals surface area contributed by atoms with E-state index >= 15 is 0 Å². The Hall–Kier alpha value is -0.0151. The summed E-state index contributed by atoms with van der Waals surface area (Å²) in [7, 11) is -0.111. The Labute approximate surface area is 94.9 Å². The Kier molecular flexibility index (Phi) is 3.04. The third-order valence-corrected chi connectivity index (χ3v) is 3.76. The Bertz CT molecular complexity index is 242. The monoisotopic (exact) mass is 212 g/mol. The van der Waals surface area contributed by atoms with Gasteiger partial charge in [0.2, 0.25) is 0 Å². The Morgan fingerprint density at radius 3 is 1.67 bits per heavy atom. The molecule has 0 aromatic rings. The molecule has 1 rings (SSSR count). The minimum absolute atomic E-state index is 0.0317. The lowest BCUT2D eigenvalue weighted by atomic mass is 9.61. The molecular weight excluding hydrogens is 187 g/mol. The zero-order valence-corrected chi connectivity index (χ0v) is 11.5. The van der Waals surface area contributed by atoms with Gasteiger partial charge in [-0.2, -0.15) is 0 Å². The van der Waals surface area contributed by atoms with Gasteiger partial charge < -0.3 is 9.31 Å². The summed E-state index contributed by atoms with van der Waals surface area (Å²) < 4.78 is 12.2. The summed E-state index contributed by atoms with van der Waals surface area (Å²) in [4.78, 5) is 0. The van der Waals surface area contributed by atoms with Crippen molar-refractivity contribution in [2.24, 2.45) is 5.92 Å². The molecule has 0 aromatic heterocycles. The zero-order valence-electron chi connectivity index (χ0n) is 11.5. The third-order valence-electron chi connectivity index (χ3n) is 3.76. The molecular formula is C12H25BO2. The van der Waals surface area contributed by atoms with Gasteiger partial charge in [0.1, 0.15) is 0 Å². The van der Waals surface area contributed by atoms with Crippen LogP contribution in [0.1, 0.15) is 55.4 Å². The minimum atomic E-state index is -0.223. The molecule has 1 fully saturated rings. The fourth-order valence-electron chi connectivity index (χ4n) is 1.96. The Morgan fingerprint density at radius 1 is 1.00 bits per heavy atom. The van der Waals surface area contributed by atoms with Gasteiger partial charge in [-0.3, -0.25) is 0 Å². The maximum absolute atomic E-state index is 6.17. The van der Waals surface area contributed by atoms with Crippen LogP contribution in [-0.4, -0.2) is 18.3 Å². The van der Waals surface area contributed by atoms with Crippen molar-refractivity contribution in [3.05, 3.63) is 0 Å². The summed E-state index contributed by atoms with van der Waals surface area (Å²) in [6.07, 6.45) is 0. The topological polar surface area (TPSA) is 18.5 Å². The highest BCUT2D eigenvalue weighted by Gasteiger charge is 2.58. The van der Waals surface area contributed by atoms with Gasteiger partial charge in [0.05, 0.1) is 11.2 Å². The van der Waals surface area contributed by atoms with Gasteiger partial charge in [-0.1, -0.05) is 34.6 Å². The average Bonchev–Trinajstić information content (AvgIpc) is 2.23. The molecule has 0 N–H and O–H groups in total. The van der Waals surface area contributed by atoms with Crippen molar-refractivity contribution in [1.29, 1.82) is 0 Å². The van der Waals surface area contributed by atoms with Crippen molar-refractivity contribution in [3.63, 3.8) is 0 Å². The maximum Gasteiger partial charge on any atom is 0.463 e. The van der Waals surface area contributed by atoms with Gasteiger partial charge in [-0.15, -0.1) is 0 Å². The van der Waals surface area contributed by atoms with Gasteiger partial charge in [0.25, 0.3) is 0 Å². The van der Waals surface area contributed by atoms with Gasteiger partial charge in [-0.25, -0.2) is 0 Å². The van der Waals surface area contributed by atoms with Crippen LogP contribution in [0.5, 0.6) is 0 Å². The third kappa shape index (κ3) is 2.09. The normalized spacial score (nSPS) is 31.4. The van der Waals surface area contributed by atoms with Crippen molar-refractivity contribution in [1.82, 2.24) is 0 Å². The molecule has 0 spiro atoms. The van der Waals surface area contributed by atoms with E-state index < -0.39 is 0 Å². The molecule has 88 valence electrons. The van der Waals surface area contributed by atoms with E-state index in [1.165, 1.54) is 0 Å². The quantitative estimate of drug-likeness (QED) is 0.619. The molecule has 0 bridgehead atoms. The molecule has 0 aromatic carbocycles. The molecule has 1 unspecified atom stereocenters. The lowest BCUT2D eigenvalue weighted by Crippen LogP contribution is -2.48. The smallest absolute Gasteiger partial charge is 0.403 e. The van der Waals surface area contributed by atoms with Crippen molar-refractivity contribution >= 4 is 7.12 Å². The minimum Gasteiger partial charge on any atom is -0.403 e. The molecule has 15 heavy (non-hydrogen) atoms. The van der Waals surface area contributed by atoms with E-state index in [9.17, 15) is 0 Å². The lowest BCUT2D eigenvalue weighted by molar-refractivity contribution is -0.0435. The molecule has 3 heteroatoms. The number of hydrogen-bond donors (Lipinski definition) is 0. The summed E-state index contributed by atoms with van der Waals surface area (Å²) in [6, 6.07) is 0. The first-order valence-corrected chi connectivity index (χ1v) is 5.86. The van der Waals surface area contributed by atoms with Crippen molar-refractivity contribution < 1.29 is 9.31 Å². The highest BCUT2D eigenvalue weighted by molar-refractivity contribution is 6.49. The predicted octanol–water partition coefficient (Wildman–Crippen LogP) is 3.51. The van der Waals surface area contributed by atoms with Crippen molar-refractivity contribution in [2.75, 3.05) is 0 Å². The molecule has 0 saturated carbocycles. The fourth-order valence-corrected chi connectivity index (χ4v) is 1.96. The van der Waals surface area contributed by atoms with Crippen LogP contribution in [-0.2, 0) is 9.31 Å². The van der Waals surface area contributed by atoms with E-state index in [2.05, 4.69) is 55.4 Å². The van der Waals surface area contributed by atoms with Crippen molar-refractivity contribution in [2.45, 2.75) is 71.9 Å². The van der Waals surface area contributed by atoms with Gasteiger partial charge >= 0.3 is 7.12 Å². The van der Waals surface area contributed by atoms with E-state index in [1.807, 2.05) is 0 Å². The van der Waals surface area contributed by atoms with Crippen LogP contribution < -0.4 is 0 Å². The standard InChI is InChI=1S/C12H25BO2/c1-9(2)12(8)11(6,7)14-13(15-12)10(3,4)5/h9H,1-8H3. The Morgan fingerprint density at radius 2 is 1.47 bits per heavy atom. The second-order valence-electron chi connectivity index (χ2n) is 6.71. The second kappa shape index (κ2) is 3.49. The molecule has 0 aliphatic carbocycles. The average molecular weight is 212 g/mol. The SMILES string of the molecule is CC(C)C1(C)OB(C(C)(C)C)OC1(C)C. The Balaban J connectivity index is 2.96. The van der Waals surface area contributed by atoms with E-state index in [-0.39, 0.29) is 23.6 Å². The van der Waals surface area contributed by atoms with Crippen LogP contribution >= 0.6 is 0 Å². The first kappa shape index (κ1) is 13.1. The zero-order chi connectivity index (χ0) is 12.1. The summed E-state index contributed by atoms with van der Waals surface area (Å²) in [5, 5.41) is 0.0317. The summed E-state index contributed by atoms with van der Waals surface area (Å²) in [5.74, 6) is 0.444. The van der Waals surface area contributed by atoms with Gasteiger partial charge in [-0.05, 0) is 32.0 Å². The largest absolute Gasteiger partial charge is 0.463 e. The summed E-state index contributed by atoms with van der Waals surface area (Å²) in [5.41, 5.74) is -0.427. The molecule has 1 saturated heterocycles. The van der Waals surface area contributed by atoms with Crippen LogP contribution in [0.4, 0.5) is 0 Å². The summed E-state index contributed by atoms with van der Waals surface area (Å²) >= 11 is 0. The lowest BCUT2D eigenvalue weighted by Gasteiger charge is -2.39. The van der Waals surface area contributed by atoms with Crippen molar-refractivity contribution in [3.8, 4) is 0 Å².